The van der Waals surface area contributed by atoms with E-state index < -0.39 is 35.2 Å². The highest BCUT2D eigenvalue weighted by Gasteiger charge is 2.53. The molecule has 1 fully saturated rings. The topological polar surface area (TPSA) is 125 Å². The van der Waals surface area contributed by atoms with Gasteiger partial charge in [-0.2, -0.15) is 0 Å². The van der Waals surface area contributed by atoms with Gasteiger partial charge in [0.25, 0.3) is 5.56 Å². The Kier molecular flexibility index (Phi) is 5.78. The van der Waals surface area contributed by atoms with Crippen LogP contribution in [0.4, 0.5) is 0 Å². The molecule has 4 N–H and O–H groups in total. The van der Waals surface area contributed by atoms with Crippen LogP contribution in [0.25, 0.3) is 0 Å². The van der Waals surface area contributed by atoms with Gasteiger partial charge in [-0.05, 0) is 12.1 Å². The summed E-state index contributed by atoms with van der Waals surface area (Å²) < 4.78 is 11.1. The van der Waals surface area contributed by atoms with Crippen molar-refractivity contribution in [3.63, 3.8) is 0 Å². The Balaban J connectivity index is 2.06. The average molecular weight is 382 g/mol. The first-order valence-corrected chi connectivity index (χ1v) is 8.43. The number of aromatic amines is 2. The molecular weight excluding hydrogens is 364 g/mol. The molecule has 144 valence electrons. The van der Waals surface area contributed by atoms with Gasteiger partial charge in [-0.3, -0.25) is 9.78 Å². The summed E-state index contributed by atoms with van der Waals surface area (Å²) in [7, 11) is 0. The maximum Gasteiger partial charge on any atom is 0.325 e. The lowest BCUT2D eigenvalue weighted by Crippen LogP contribution is -2.61. The van der Waals surface area contributed by atoms with Gasteiger partial charge in [0, 0.05) is 11.8 Å². The minimum atomic E-state index is -1.80. The Morgan fingerprint density at radius 3 is 2.71 bits per heavy atom. The van der Waals surface area contributed by atoms with E-state index >= 15 is 0 Å². The summed E-state index contributed by atoms with van der Waals surface area (Å²) in [6, 6.07) is 8.91. The Morgan fingerprint density at radius 2 is 2.04 bits per heavy atom. The lowest BCUT2D eigenvalue weighted by Gasteiger charge is -2.44. The molecular formula is C20H18N2O6. The predicted molar refractivity (Wildman–Crippen MR) is 99.2 cm³/mol. The molecule has 1 saturated heterocycles. The quantitative estimate of drug-likeness (QED) is 0.520. The second-order valence-corrected chi connectivity index (χ2v) is 6.14. The van der Waals surface area contributed by atoms with E-state index in [1.54, 1.807) is 24.3 Å². The van der Waals surface area contributed by atoms with E-state index in [0.29, 0.717) is 5.56 Å². The maximum atomic E-state index is 12.1. The SMILES string of the molecule is C#CCO[C@]1(C#Cc2ccccc2)[C@H](O)CO[C@@H](c2c[nH]c(=O)[nH]c2=O)[C@@H]1O. The van der Waals surface area contributed by atoms with Gasteiger partial charge in [0.2, 0.25) is 0 Å². The van der Waals surface area contributed by atoms with Crippen LogP contribution in [0.2, 0.25) is 0 Å². The van der Waals surface area contributed by atoms with Crippen molar-refractivity contribution in [3.05, 3.63) is 68.5 Å². The molecule has 1 aliphatic rings. The van der Waals surface area contributed by atoms with E-state index in [2.05, 4.69) is 27.7 Å². The van der Waals surface area contributed by atoms with Crippen LogP contribution in [0.1, 0.15) is 17.2 Å². The van der Waals surface area contributed by atoms with Gasteiger partial charge in [-0.1, -0.05) is 36.0 Å². The monoisotopic (exact) mass is 382 g/mol. The zero-order valence-corrected chi connectivity index (χ0v) is 14.7. The molecule has 1 aliphatic heterocycles. The summed E-state index contributed by atoms with van der Waals surface area (Å²) in [5.74, 6) is 7.93. The summed E-state index contributed by atoms with van der Waals surface area (Å²) in [6.07, 6.45) is 2.33. The Bertz CT molecular complexity index is 1040. The van der Waals surface area contributed by atoms with Crippen LogP contribution in [-0.2, 0) is 9.47 Å². The molecule has 4 atom stereocenters. The number of aromatic nitrogens is 2. The molecule has 0 radical (unpaired) electrons. The van der Waals surface area contributed by atoms with Crippen LogP contribution in [0.15, 0.2) is 46.1 Å². The van der Waals surface area contributed by atoms with Gasteiger partial charge in [0.15, 0.2) is 5.60 Å². The third kappa shape index (κ3) is 3.77. The minimum Gasteiger partial charge on any atom is -0.387 e. The number of terminal acetylenes is 1. The van der Waals surface area contributed by atoms with Crippen LogP contribution in [0.5, 0.6) is 0 Å². The molecule has 0 bridgehead atoms. The summed E-state index contributed by atoms with van der Waals surface area (Å²) in [5, 5.41) is 21.5. The van der Waals surface area contributed by atoms with Crippen molar-refractivity contribution in [3.8, 4) is 24.2 Å². The average Bonchev–Trinajstić information content (AvgIpc) is 2.69. The van der Waals surface area contributed by atoms with Crippen LogP contribution in [-0.4, -0.2) is 51.2 Å². The highest BCUT2D eigenvalue weighted by atomic mass is 16.6. The van der Waals surface area contributed by atoms with Gasteiger partial charge in [-0.25, -0.2) is 4.79 Å². The predicted octanol–water partition coefficient (Wildman–Crippen LogP) is -0.703. The molecule has 8 heteroatoms. The van der Waals surface area contributed by atoms with E-state index in [4.69, 9.17) is 15.9 Å². The molecule has 2 heterocycles. The summed E-state index contributed by atoms with van der Waals surface area (Å²) in [4.78, 5) is 27.8. The lowest BCUT2D eigenvalue weighted by molar-refractivity contribution is -0.234. The Morgan fingerprint density at radius 1 is 1.29 bits per heavy atom. The molecule has 0 aliphatic carbocycles. The van der Waals surface area contributed by atoms with E-state index in [-0.39, 0.29) is 18.8 Å². The third-order valence-corrected chi connectivity index (χ3v) is 4.38. The number of nitrogens with one attached hydrogen (secondary N) is 2. The fourth-order valence-corrected chi connectivity index (χ4v) is 2.95. The number of benzene rings is 1. The van der Waals surface area contributed by atoms with E-state index in [1.165, 1.54) is 0 Å². The van der Waals surface area contributed by atoms with Gasteiger partial charge in [0.05, 0.1) is 12.2 Å². The Labute approximate surface area is 160 Å². The van der Waals surface area contributed by atoms with Crippen molar-refractivity contribution < 1.29 is 19.7 Å². The van der Waals surface area contributed by atoms with Crippen molar-refractivity contribution in [2.24, 2.45) is 0 Å². The first-order valence-electron chi connectivity index (χ1n) is 8.43. The van der Waals surface area contributed by atoms with Crippen LogP contribution in [0.3, 0.4) is 0 Å². The van der Waals surface area contributed by atoms with Gasteiger partial charge < -0.3 is 24.7 Å². The molecule has 1 aromatic heterocycles. The first-order chi connectivity index (χ1) is 13.5. The Hall–Kier alpha value is -3.14. The molecule has 3 rings (SSSR count). The number of hydrogen-bond acceptors (Lipinski definition) is 6. The summed E-state index contributed by atoms with van der Waals surface area (Å²) >= 11 is 0. The number of hydrogen-bond donors (Lipinski definition) is 4. The summed E-state index contributed by atoms with van der Waals surface area (Å²) in [5.41, 5.74) is -2.62. The number of H-pyrrole nitrogens is 2. The molecule has 0 saturated carbocycles. The van der Waals surface area contributed by atoms with Crippen LogP contribution >= 0.6 is 0 Å². The number of rotatable bonds is 3. The zero-order valence-electron chi connectivity index (χ0n) is 14.7. The normalized spacial score (nSPS) is 26.7. The van der Waals surface area contributed by atoms with E-state index in [0.717, 1.165) is 6.20 Å². The molecule has 0 amide bonds. The molecule has 2 aromatic rings. The molecule has 1 aromatic carbocycles. The van der Waals surface area contributed by atoms with Crippen molar-refractivity contribution in [2.75, 3.05) is 13.2 Å². The van der Waals surface area contributed by atoms with Crippen LogP contribution in [0, 0.1) is 24.2 Å². The fraction of sp³-hybridized carbons (Fsp3) is 0.300. The molecule has 8 nitrogen and oxygen atoms in total. The van der Waals surface area contributed by atoms with E-state index in [9.17, 15) is 19.8 Å². The zero-order chi connectivity index (χ0) is 20.1. The lowest BCUT2D eigenvalue weighted by atomic mass is 9.83. The highest BCUT2D eigenvalue weighted by Crippen LogP contribution is 2.36. The maximum absolute atomic E-state index is 12.1. The summed E-state index contributed by atoms with van der Waals surface area (Å²) in [6.45, 7) is -0.499. The minimum absolute atomic E-state index is 0.0332. The number of ether oxygens (including phenoxy) is 2. The third-order valence-electron chi connectivity index (χ3n) is 4.38. The smallest absolute Gasteiger partial charge is 0.325 e. The largest absolute Gasteiger partial charge is 0.387 e. The molecule has 28 heavy (non-hydrogen) atoms. The van der Waals surface area contributed by atoms with Gasteiger partial charge >= 0.3 is 5.69 Å². The van der Waals surface area contributed by atoms with Crippen molar-refractivity contribution in [1.82, 2.24) is 9.97 Å². The van der Waals surface area contributed by atoms with Crippen LogP contribution < -0.4 is 11.2 Å². The second-order valence-electron chi connectivity index (χ2n) is 6.14. The highest BCUT2D eigenvalue weighted by molar-refractivity contribution is 5.38. The van der Waals surface area contributed by atoms with Gasteiger partial charge in [0.1, 0.15) is 24.9 Å². The van der Waals surface area contributed by atoms with Crippen molar-refractivity contribution in [1.29, 1.82) is 0 Å². The number of aliphatic hydroxyl groups excluding tert-OH is 2. The standard InChI is InChI=1S/C20H18N2O6/c1-2-10-28-20(9-8-13-6-4-3-5-7-13)15(23)12-27-16(17(20)24)14-11-21-19(26)22-18(14)25/h1,3-7,11,15-17,23-24H,10,12H2,(H2,21,22,25,26)/t15-,16+,17+,20-/m1/s1. The van der Waals surface area contributed by atoms with Gasteiger partial charge in [-0.15, -0.1) is 6.42 Å². The fourth-order valence-electron chi connectivity index (χ4n) is 2.95. The first kappa shape index (κ1) is 19.6. The number of aliphatic hydroxyl groups is 2. The second kappa shape index (κ2) is 8.26. The van der Waals surface area contributed by atoms with Crippen molar-refractivity contribution >= 4 is 0 Å². The van der Waals surface area contributed by atoms with E-state index in [1.807, 2.05) is 6.07 Å². The molecule has 0 unspecified atom stereocenters. The molecule has 0 spiro atoms. The van der Waals surface area contributed by atoms with Crippen molar-refractivity contribution in [2.45, 2.75) is 23.9 Å².